The van der Waals surface area contributed by atoms with Gasteiger partial charge in [0.2, 0.25) is 11.7 Å². The predicted octanol–water partition coefficient (Wildman–Crippen LogP) is 4.03. The van der Waals surface area contributed by atoms with Crippen LogP contribution in [0.15, 0.2) is 60.7 Å². The third-order valence-electron chi connectivity index (χ3n) is 6.76. The van der Waals surface area contributed by atoms with E-state index in [-0.39, 0.29) is 36.6 Å². The summed E-state index contributed by atoms with van der Waals surface area (Å²) in [7, 11) is 6.12. The summed E-state index contributed by atoms with van der Waals surface area (Å²) in [5.41, 5.74) is 2.02. The predicted molar refractivity (Wildman–Crippen MR) is 139 cm³/mol. The van der Waals surface area contributed by atoms with Crippen LogP contribution in [0, 0.1) is 11.7 Å². The van der Waals surface area contributed by atoms with Crippen LogP contribution < -0.4 is 24.3 Å². The molecular formula is C29H31FN2O6. The number of hydrogen-bond donors (Lipinski definition) is 1. The molecule has 200 valence electrons. The lowest BCUT2D eigenvalue weighted by molar-refractivity contribution is -0.125. The van der Waals surface area contributed by atoms with Gasteiger partial charge < -0.3 is 29.2 Å². The van der Waals surface area contributed by atoms with Gasteiger partial charge in [0.05, 0.1) is 34.4 Å². The third kappa shape index (κ3) is 5.66. The minimum Gasteiger partial charge on any atom is -0.497 e. The highest BCUT2D eigenvalue weighted by Gasteiger charge is 2.41. The molecule has 38 heavy (non-hydrogen) atoms. The molecule has 3 aromatic rings. The summed E-state index contributed by atoms with van der Waals surface area (Å²) in [5, 5.41) is 2.95. The van der Waals surface area contributed by atoms with E-state index in [1.165, 1.54) is 33.5 Å². The van der Waals surface area contributed by atoms with Crippen molar-refractivity contribution in [2.24, 2.45) is 5.92 Å². The number of methoxy groups -OCH3 is 4. The van der Waals surface area contributed by atoms with E-state index in [0.29, 0.717) is 35.1 Å². The molecule has 4 rings (SSSR count). The number of nitrogens with one attached hydrogen (secondary N) is 1. The highest BCUT2D eigenvalue weighted by molar-refractivity contribution is 5.95. The second kappa shape index (κ2) is 11.9. The van der Waals surface area contributed by atoms with Gasteiger partial charge in [0.1, 0.15) is 11.6 Å². The number of nitrogens with zero attached hydrogens (tertiary/aromatic N) is 1. The maximum atomic E-state index is 13.5. The maximum Gasteiger partial charge on any atom is 0.254 e. The van der Waals surface area contributed by atoms with Crippen LogP contribution in [0.3, 0.4) is 0 Å². The molecule has 1 fully saturated rings. The van der Waals surface area contributed by atoms with Crippen LogP contribution >= 0.6 is 0 Å². The fourth-order valence-corrected chi connectivity index (χ4v) is 4.75. The Bertz CT molecular complexity index is 1270. The van der Waals surface area contributed by atoms with E-state index >= 15 is 0 Å². The van der Waals surface area contributed by atoms with E-state index in [2.05, 4.69) is 5.32 Å². The number of hydrogen-bond acceptors (Lipinski definition) is 6. The van der Waals surface area contributed by atoms with Gasteiger partial charge in [-0.15, -0.1) is 0 Å². The lowest BCUT2D eigenvalue weighted by Crippen LogP contribution is -2.35. The lowest BCUT2D eigenvalue weighted by atomic mass is 9.87. The van der Waals surface area contributed by atoms with E-state index in [4.69, 9.17) is 18.9 Å². The quantitative estimate of drug-likeness (QED) is 0.457. The fourth-order valence-electron chi connectivity index (χ4n) is 4.75. The van der Waals surface area contributed by atoms with E-state index in [0.717, 1.165) is 11.1 Å². The molecule has 1 aliphatic rings. The average molecular weight is 523 g/mol. The molecule has 2 amide bonds. The van der Waals surface area contributed by atoms with Gasteiger partial charge in [0.15, 0.2) is 11.5 Å². The van der Waals surface area contributed by atoms with Crippen LogP contribution in [0.1, 0.15) is 27.4 Å². The highest BCUT2D eigenvalue weighted by atomic mass is 19.1. The Kier molecular flexibility index (Phi) is 8.35. The Morgan fingerprint density at radius 1 is 0.895 bits per heavy atom. The largest absolute Gasteiger partial charge is 0.497 e. The van der Waals surface area contributed by atoms with E-state index in [9.17, 15) is 14.0 Å². The van der Waals surface area contributed by atoms with Crippen LogP contribution in [0.2, 0.25) is 0 Å². The highest BCUT2D eigenvalue weighted by Crippen LogP contribution is 2.43. The number of carbonyl (C=O) groups is 2. The van der Waals surface area contributed by atoms with Crippen molar-refractivity contribution in [1.82, 2.24) is 10.2 Å². The van der Waals surface area contributed by atoms with E-state index in [1.54, 1.807) is 48.4 Å². The fraction of sp³-hybridized carbons (Fsp3) is 0.310. The first-order chi connectivity index (χ1) is 18.4. The lowest BCUT2D eigenvalue weighted by Gasteiger charge is -2.21. The van der Waals surface area contributed by atoms with Crippen LogP contribution in [0.5, 0.6) is 23.0 Å². The zero-order valence-corrected chi connectivity index (χ0v) is 21.8. The van der Waals surface area contributed by atoms with Crippen LogP contribution in [0.25, 0.3) is 0 Å². The minimum atomic E-state index is -0.548. The van der Waals surface area contributed by atoms with E-state index < -0.39 is 5.92 Å². The summed E-state index contributed by atoms with van der Waals surface area (Å²) in [6, 6.07) is 16.5. The number of rotatable bonds is 9. The van der Waals surface area contributed by atoms with Crippen LogP contribution in [-0.2, 0) is 11.3 Å². The number of carbonyl (C=O) groups excluding carboxylic acids is 2. The Morgan fingerprint density at radius 3 is 2.18 bits per heavy atom. The number of benzene rings is 3. The van der Waals surface area contributed by atoms with Gasteiger partial charge in [-0.1, -0.05) is 18.2 Å². The number of amides is 2. The molecule has 1 saturated heterocycles. The summed E-state index contributed by atoms with van der Waals surface area (Å²) in [5.74, 6) is 0.298. The third-order valence-corrected chi connectivity index (χ3v) is 6.76. The molecule has 0 radical (unpaired) electrons. The van der Waals surface area contributed by atoms with Crippen molar-refractivity contribution in [3.63, 3.8) is 0 Å². The normalized spacial score (nSPS) is 16.6. The number of halogens is 1. The Balaban J connectivity index is 1.65. The van der Waals surface area contributed by atoms with Crippen molar-refractivity contribution < 1.29 is 32.9 Å². The average Bonchev–Trinajstić information content (AvgIpc) is 3.41. The molecule has 0 spiro atoms. The van der Waals surface area contributed by atoms with Gasteiger partial charge in [-0.2, -0.15) is 0 Å². The topological polar surface area (TPSA) is 86.3 Å². The Labute approximate surface area is 221 Å². The zero-order chi connectivity index (χ0) is 27.2. The van der Waals surface area contributed by atoms with Gasteiger partial charge in [0.25, 0.3) is 5.91 Å². The number of ether oxygens (including phenoxy) is 4. The van der Waals surface area contributed by atoms with Crippen molar-refractivity contribution in [2.45, 2.75) is 12.5 Å². The SMILES string of the molecule is COc1cccc(C(=O)N2CC(C(=O)NCc3ccc(F)cc3)C(c3cc(OC)c(OC)c(OC)c3)C2)c1. The van der Waals surface area contributed by atoms with Crippen LogP contribution in [-0.4, -0.2) is 58.2 Å². The van der Waals surface area contributed by atoms with Gasteiger partial charge in [-0.25, -0.2) is 4.39 Å². The molecule has 1 N–H and O–H groups in total. The summed E-state index contributed by atoms with van der Waals surface area (Å²) in [4.78, 5) is 28.6. The first-order valence-corrected chi connectivity index (χ1v) is 12.1. The Morgan fingerprint density at radius 2 is 1.58 bits per heavy atom. The molecule has 0 aliphatic carbocycles. The molecule has 3 aromatic carbocycles. The second-order valence-corrected chi connectivity index (χ2v) is 8.96. The zero-order valence-electron chi connectivity index (χ0n) is 21.8. The molecule has 2 unspecified atom stereocenters. The standard InChI is InChI=1S/C29H31FN2O6/c1-35-22-7-5-6-19(12-22)29(34)32-16-23(20-13-25(36-2)27(38-4)26(14-20)37-3)24(17-32)28(33)31-15-18-8-10-21(30)11-9-18/h5-14,23-24H,15-17H2,1-4H3,(H,31,33). The molecule has 0 saturated carbocycles. The summed E-state index contributed by atoms with van der Waals surface area (Å²) in [6.45, 7) is 0.761. The summed E-state index contributed by atoms with van der Waals surface area (Å²) < 4.78 is 35.1. The molecule has 9 heteroatoms. The molecule has 8 nitrogen and oxygen atoms in total. The van der Waals surface area contributed by atoms with Gasteiger partial charge in [0, 0.05) is 31.1 Å². The van der Waals surface area contributed by atoms with Crippen molar-refractivity contribution in [2.75, 3.05) is 41.5 Å². The minimum absolute atomic E-state index is 0.199. The van der Waals surface area contributed by atoms with Gasteiger partial charge in [-0.05, 0) is 53.6 Å². The maximum absolute atomic E-state index is 13.5. The second-order valence-electron chi connectivity index (χ2n) is 8.96. The number of likely N-dealkylation sites (tertiary alicyclic amines) is 1. The Hall–Kier alpha value is -4.27. The van der Waals surface area contributed by atoms with Crippen molar-refractivity contribution >= 4 is 11.8 Å². The van der Waals surface area contributed by atoms with Crippen molar-refractivity contribution in [1.29, 1.82) is 0 Å². The van der Waals surface area contributed by atoms with Gasteiger partial charge >= 0.3 is 0 Å². The first-order valence-electron chi connectivity index (χ1n) is 12.1. The molecule has 0 aromatic heterocycles. The molecule has 0 bridgehead atoms. The smallest absolute Gasteiger partial charge is 0.254 e. The van der Waals surface area contributed by atoms with E-state index in [1.807, 2.05) is 12.1 Å². The van der Waals surface area contributed by atoms with Crippen molar-refractivity contribution in [3.8, 4) is 23.0 Å². The van der Waals surface area contributed by atoms with Crippen molar-refractivity contribution in [3.05, 3.63) is 83.2 Å². The molecular weight excluding hydrogens is 491 g/mol. The molecule has 1 heterocycles. The first kappa shape index (κ1) is 26.8. The summed E-state index contributed by atoms with van der Waals surface area (Å²) >= 11 is 0. The van der Waals surface area contributed by atoms with Gasteiger partial charge in [-0.3, -0.25) is 9.59 Å². The summed E-state index contributed by atoms with van der Waals surface area (Å²) in [6.07, 6.45) is 0. The molecule has 1 aliphatic heterocycles. The monoisotopic (exact) mass is 522 g/mol. The van der Waals surface area contributed by atoms with Crippen LogP contribution in [0.4, 0.5) is 4.39 Å². The molecule has 2 atom stereocenters.